The maximum Gasteiger partial charge on any atom is 0.135 e. The minimum Gasteiger partial charge on any atom is -0.383 e. The molecule has 0 aliphatic heterocycles. The lowest BCUT2D eigenvalue weighted by atomic mass is 10.1. The zero-order chi connectivity index (χ0) is 14.0. The predicted octanol–water partition coefficient (Wildman–Crippen LogP) is 3.16. The van der Waals surface area contributed by atoms with Crippen LogP contribution in [-0.2, 0) is 13.0 Å². The Labute approximate surface area is 110 Å². The smallest absolute Gasteiger partial charge is 0.135 e. The average Bonchev–Trinajstić information content (AvgIpc) is 2.68. The fourth-order valence-electron chi connectivity index (χ4n) is 2.00. The van der Waals surface area contributed by atoms with Gasteiger partial charge in [-0.2, -0.15) is 0 Å². The van der Waals surface area contributed by atoms with E-state index in [0.29, 0.717) is 24.5 Å². The van der Waals surface area contributed by atoms with Gasteiger partial charge in [0.05, 0.1) is 0 Å². The molecule has 2 N–H and O–H groups in total. The van der Waals surface area contributed by atoms with Crippen molar-refractivity contribution in [2.45, 2.75) is 19.9 Å². The summed E-state index contributed by atoms with van der Waals surface area (Å²) in [6.45, 7) is 6.10. The molecule has 0 saturated carbocycles. The number of allylic oxidation sites excluding steroid dienone is 1. The normalized spacial score (nSPS) is 10.7. The second-order valence-electron chi connectivity index (χ2n) is 4.14. The molecule has 3 nitrogen and oxygen atoms in total. The molecule has 0 unspecified atom stereocenters. The van der Waals surface area contributed by atoms with Crippen LogP contribution < -0.4 is 5.73 Å². The van der Waals surface area contributed by atoms with Gasteiger partial charge in [-0.1, -0.05) is 13.0 Å². The Morgan fingerprint density at radius 2 is 2.16 bits per heavy atom. The van der Waals surface area contributed by atoms with Crippen molar-refractivity contribution >= 4 is 5.82 Å². The minimum absolute atomic E-state index is 0.205. The van der Waals surface area contributed by atoms with Crippen LogP contribution in [0, 0.1) is 11.6 Å². The monoisotopic (exact) mass is 263 g/mol. The van der Waals surface area contributed by atoms with Crippen molar-refractivity contribution in [3.05, 3.63) is 48.3 Å². The average molecular weight is 263 g/mol. The molecule has 0 aliphatic carbocycles. The number of imidazole rings is 1. The zero-order valence-electron chi connectivity index (χ0n) is 10.7. The van der Waals surface area contributed by atoms with Crippen LogP contribution >= 0.6 is 0 Å². The third-order valence-electron chi connectivity index (χ3n) is 2.90. The zero-order valence-corrected chi connectivity index (χ0v) is 10.7. The van der Waals surface area contributed by atoms with Crippen LogP contribution in [0.25, 0.3) is 11.3 Å². The van der Waals surface area contributed by atoms with Crippen LogP contribution in [0.4, 0.5) is 14.6 Å². The molecule has 0 aliphatic rings. The maximum absolute atomic E-state index is 13.8. The van der Waals surface area contributed by atoms with Crippen molar-refractivity contribution in [1.29, 1.82) is 0 Å². The van der Waals surface area contributed by atoms with Crippen LogP contribution in [0.5, 0.6) is 0 Å². The van der Waals surface area contributed by atoms with Crippen LogP contribution in [0.1, 0.15) is 12.7 Å². The third kappa shape index (κ3) is 2.36. The largest absolute Gasteiger partial charge is 0.383 e. The number of nitrogen functional groups attached to an aromatic ring is 1. The van der Waals surface area contributed by atoms with E-state index in [0.717, 1.165) is 11.9 Å². The molecule has 0 saturated heterocycles. The molecule has 0 spiro atoms. The van der Waals surface area contributed by atoms with Crippen molar-refractivity contribution in [3.8, 4) is 11.3 Å². The van der Waals surface area contributed by atoms with E-state index in [4.69, 9.17) is 5.73 Å². The van der Waals surface area contributed by atoms with Crippen molar-refractivity contribution in [3.63, 3.8) is 0 Å². The van der Waals surface area contributed by atoms with E-state index < -0.39 is 11.6 Å². The first-order chi connectivity index (χ1) is 9.08. The van der Waals surface area contributed by atoms with Gasteiger partial charge in [-0.05, 0) is 12.1 Å². The maximum atomic E-state index is 13.8. The molecular formula is C14H15F2N3. The molecule has 1 aromatic heterocycles. The molecule has 1 heterocycles. The molecule has 0 atom stereocenters. The van der Waals surface area contributed by atoms with Gasteiger partial charge in [-0.15, -0.1) is 6.58 Å². The van der Waals surface area contributed by atoms with Gasteiger partial charge >= 0.3 is 0 Å². The summed E-state index contributed by atoms with van der Waals surface area (Å²) in [5, 5.41) is 0. The van der Waals surface area contributed by atoms with Crippen LogP contribution in [0.15, 0.2) is 30.9 Å². The summed E-state index contributed by atoms with van der Waals surface area (Å²) >= 11 is 0. The lowest BCUT2D eigenvalue weighted by Crippen LogP contribution is -2.05. The van der Waals surface area contributed by atoms with Crippen molar-refractivity contribution in [2.75, 3.05) is 5.73 Å². The summed E-state index contributed by atoms with van der Waals surface area (Å²) in [5.74, 6) is -0.183. The van der Waals surface area contributed by atoms with E-state index in [9.17, 15) is 8.78 Å². The fraction of sp³-hybridized carbons (Fsp3) is 0.214. The Kier molecular flexibility index (Phi) is 3.64. The first-order valence-corrected chi connectivity index (χ1v) is 5.99. The fourth-order valence-corrected chi connectivity index (χ4v) is 2.00. The predicted molar refractivity (Wildman–Crippen MR) is 71.6 cm³/mol. The molecular weight excluding hydrogens is 248 g/mol. The number of halogens is 2. The second kappa shape index (κ2) is 5.22. The van der Waals surface area contributed by atoms with Gasteiger partial charge in [0.25, 0.3) is 0 Å². The highest BCUT2D eigenvalue weighted by Crippen LogP contribution is 2.29. The molecule has 19 heavy (non-hydrogen) atoms. The molecule has 0 radical (unpaired) electrons. The van der Waals surface area contributed by atoms with Crippen molar-refractivity contribution in [2.24, 2.45) is 0 Å². The topological polar surface area (TPSA) is 43.8 Å². The number of anilines is 1. The molecule has 100 valence electrons. The van der Waals surface area contributed by atoms with E-state index >= 15 is 0 Å². The lowest BCUT2D eigenvalue weighted by Gasteiger charge is -2.05. The van der Waals surface area contributed by atoms with Gasteiger partial charge in [-0.25, -0.2) is 13.8 Å². The van der Waals surface area contributed by atoms with Gasteiger partial charge in [0, 0.05) is 24.6 Å². The lowest BCUT2D eigenvalue weighted by molar-refractivity contribution is 0.585. The van der Waals surface area contributed by atoms with E-state index in [2.05, 4.69) is 11.6 Å². The highest BCUT2D eigenvalue weighted by atomic mass is 19.1. The summed E-state index contributed by atoms with van der Waals surface area (Å²) in [5.41, 5.74) is 6.55. The van der Waals surface area contributed by atoms with Gasteiger partial charge in [0.15, 0.2) is 0 Å². The molecule has 0 fully saturated rings. The van der Waals surface area contributed by atoms with Crippen molar-refractivity contribution in [1.82, 2.24) is 9.55 Å². The summed E-state index contributed by atoms with van der Waals surface area (Å²) in [4.78, 5) is 4.34. The second-order valence-corrected chi connectivity index (χ2v) is 4.14. The van der Waals surface area contributed by atoms with Gasteiger partial charge in [0.2, 0.25) is 0 Å². The standard InChI is InChI=1S/C14H15F2N3/c1-3-7-19-12(4-2)18-13(14(19)17)10-6-5-9(15)8-11(10)16/h3,5-6,8H,1,4,7,17H2,2H3. The Balaban J connectivity index is 2.59. The third-order valence-corrected chi connectivity index (χ3v) is 2.90. The molecule has 2 rings (SSSR count). The number of hydrogen-bond donors (Lipinski definition) is 1. The number of aromatic nitrogens is 2. The number of rotatable bonds is 4. The quantitative estimate of drug-likeness (QED) is 0.861. The molecule has 0 bridgehead atoms. The number of aryl methyl sites for hydroxylation is 1. The van der Waals surface area contributed by atoms with E-state index in [1.54, 1.807) is 10.6 Å². The molecule has 5 heteroatoms. The first-order valence-electron chi connectivity index (χ1n) is 5.99. The van der Waals surface area contributed by atoms with Crippen molar-refractivity contribution < 1.29 is 8.78 Å². The van der Waals surface area contributed by atoms with Gasteiger partial charge in [-0.3, -0.25) is 0 Å². The Bertz CT molecular complexity index is 617. The summed E-state index contributed by atoms with van der Waals surface area (Å²) in [6, 6.07) is 3.37. The Morgan fingerprint density at radius 3 is 2.74 bits per heavy atom. The molecule has 1 aromatic carbocycles. The Morgan fingerprint density at radius 1 is 1.42 bits per heavy atom. The summed E-state index contributed by atoms with van der Waals surface area (Å²) in [6.07, 6.45) is 2.36. The SMILES string of the molecule is C=CCn1c(CC)nc(-c2ccc(F)cc2F)c1N. The summed E-state index contributed by atoms with van der Waals surface area (Å²) < 4.78 is 28.5. The van der Waals surface area contributed by atoms with E-state index in [1.165, 1.54) is 12.1 Å². The number of hydrogen-bond acceptors (Lipinski definition) is 2. The number of benzene rings is 1. The van der Waals surface area contributed by atoms with Crippen LogP contribution in [-0.4, -0.2) is 9.55 Å². The van der Waals surface area contributed by atoms with Gasteiger partial charge in [0.1, 0.15) is 29.0 Å². The highest BCUT2D eigenvalue weighted by molar-refractivity contribution is 5.71. The summed E-state index contributed by atoms with van der Waals surface area (Å²) in [7, 11) is 0. The molecule has 0 amide bonds. The van der Waals surface area contributed by atoms with Crippen LogP contribution in [0.3, 0.4) is 0 Å². The minimum atomic E-state index is -0.669. The Hall–Kier alpha value is -2.17. The van der Waals surface area contributed by atoms with Crippen LogP contribution in [0.2, 0.25) is 0 Å². The highest BCUT2D eigenvalue weighted by Gasteiger charge is 2.17. The number of nitrogens with two attached hydrogens (primary N) is 1. The van der Waals surface area contributed by atoms with Gasteiger partial charge < -0.3 is 10.3 Å². The number of nitrogens with zero attached hydrogens (tertiary/aromatic N) is 2. The molecule has 2 aromatic rings. The van der Waals surface area contributed by atoms with E-state index in [1.807, 2.05) is 6.92 Å². The first kappa shape index (κ1) is 13.3. The van der Waals surface area contributed by atoms with E-state index in [-0.39, 0.29) is 5.56 Å².